The number of ether oxygens (including phenoxy) is 2. The van der Waals surface area contributed by atoms with Gasteiger partial charge in [-0.15, -0.1) is 0 Å². The Morgan fingerprint density at radius 2 is 1.92 bits per heavy atom. The van der Waals surface area contributed by atoms with E-state index in [4.69, 9.17) is 9.47 Å². The summed E-state index contributed by atoms with van der Waals surface area (Å²) in [5.41, 5.74) is 3.17. The number of carbonyl (C=O) groups is 1. The molecule has 1 aliphatic heterocycles. The smallest absolute Gasteiger partial charge is 0.319 e. The molecule has 1 aliphatic rings. The van der Waals surface area contributed by atoms with Crippen LogP contribution < -0.4 is 15.4 Å². The van der Waals surface area contributed by atoms with Crippen LogP contribution in [0.25, 0.3) is 0 Å². The van der Waals surface area contributed by atoms with Crippen molar-refractivity contribution in [1.82, 2.24) is 5.32 Å². The van der Waals surface area contributed by atoms with Crippen LogP contribution in [0.3, 0.4) is 0 Å². The van der Waals surface area contributed by atoms with E-state index in [0.717, 1.165) is 6.42 Å². The molecular weight excluding hydrogens is 304 g/mol. The predicted octanol–water partition coefficient (Wildman–Crippen LogP) is 3.35. The minimum atomic E-state index is -0.260. The zero-order chi connectivity index (χ0) is 16.8. The lowest BCUT2D eigenvalue weighted by molar-refractivity contribution is 0.0308. The number of fused-ring (bicyclic) bond motifs is 1. The molecule has 1 heterocycles. The molecule has 1 atom stereocenters. The second-order valence-corrected chi connectivity index (χ2v) is 5.67. The number of carbonyl (C=O) groups excluding carboxylic acids is 1. The highest BCUT2D eigenvalue weighted by atomic mass is 16.5. The number of urea groups is 1. The molecule has 2 aromatic rings. The fraction of sp³-hybridized carbons (Fsp3) is 0.316. The van der Waals surface area contributed by atoms with Gasteiger partial charge in [-0.1, -0.05) is 36.4 Å². The lowest BCUT2D eigenvalue weighted by atomic mass is 9.99. The highest BCUT2D eigenvalue weighted by molar-refractivity contribution is 5.90. The molecule has 0 bridgehead atoms. The Morgan fingerprint density at radius 1 is 1.17 bits per heavy atom. The largest absolute Gasteiger partial charge is 0.492 e. The highest BCUT2D eigenvalue weighted by Crippen LogP contribution is 2.23. The molecule has 2 N–H and O–H groups in total. The van der Waals surface area contributed by atoms with Gasteiger partial charge in [0, 0.05) is 13.0 Å². The van der Waals surface area contributed by atoms with Crippen molar-refractivity contribution in [2.45, 2.75) is 26.1 Å². The number of rotatable bonds is 5. The van der Waals surface area contributed by atoms with Crippen molar-refractivity contribution in [2.75, 3.05) is 18.5 Å². The Bertz CT molecular complexity index is 703. The third kappa shape index (κ3) is 4.06. The SMILES string of the molecule is CCOc1ccccc1NC(=O)NCC1Cc2ccccc2CO1. The first-order valence-corrected chi connectivity index (χ1v) is 8.21. The molecule has 3 rings (SSSR count). The number of amides is 2. The molecule has 0 radical (unpaired) electrons. The molecule has 2 aromatic carbocycles. The molecule has 24 heavy (non-hydrogen) atoms. The average molecular weight is 326 g/mol. The van der Waals surface area contributed by atoms with E-state index in [9.17, 15) is 4.79 Å². The molecule has 0 spiro atoms. The summed E-state index contributed by atoms with van der Waals surface area (Å²) in [5.74, 6) is 0.665. The number of hydrogen-bond donors (Lipinski definition) is 2. The molecule has 0 aromatic heterocycles. The number of anilines is 1. The maximum Gasteiger partial charge on any atom is 0.319 e. The van der Waals surface area contributed by atoms with Crippen LogP contribution in [-0.4, -0.2) is 25.3 Å². The minimum absolute atomic E-state index is 0.00668. The van der Waals surface area contributed by atoms with Crippen LogP contribution in [0.1, 0.15) is 18.1 Å². The lowest BCUT2D eigenvalue weighted by Gasteiger charge is -2.25. The van der Waals surface area contributed by atoms with Crippen LogP contribution in [0.15, 0.2) is 48.5 Å². The Labute approximate surface area is 142 Å². The number of nitrogens with one attached hydrogen (secondary N) is 2. The summed E-state index contributed by atoms with van der Waals surface area (Å²) in [4.78, 5) is 12.1. The Morgan fingerprint density at radius 3 is 2.75 bits per heavy atom. The quantitative estimate of drug-likeness (QED) is 0.886. The zero-order valence-corrected chi connectivity index (χ0v) is 13.7. The van der Waals surface area contributed by atoms with E-state index in [1.807, 2.05) is 43.3 Å². The van der Waals surface area contributed by atoms with Gasteiger partial charge in [0.25, 0.3) is 0 Å². The second-order valence-electron chi connectivity index (χ2n) is 5.67. The van der Waals surface area contributed by atoms with Gasteiger partial charge in [0.05, 0.1) is 25.0 Å². The van der Waals surface area contributed by atoms with Crippen LogP contribution in [0.4, 0.5) is 10.5 Å². The maximum absolute atomic E-state index is 12.1. The monoisotopic (exact) mass is 326 g/mol. The first kappa shape index (κ1) is 16.3. The van der Waals surface area contributed by atoms with Crippen molar-refractivity contribution in [2.24, 2.45) is 0 Å². The van der Waals surface area contributed by atoms with Crippen LogP contribution >= 0.6 is 0 Å². The molecule has 0 saturated heterocycles. The molecule has 1 unspecified atom stereocenters. The predicted molar refractivity (Wildman–Crippen MR) is 93.4 cm³/mol. The number of hydrogen-bond acceptors (Lipinski definition) is 3. The molecular formula is C19H22N2O3. The highest BCUT2D eigenvalue weighted by Gasteiger charge is 2.19. The molecule has 0 fully saturated rings. The van der Waals surface area contributed by atoms with Gasteiger partial charge < -0.3 is 20.1 Å². The Hall–Kier alpha value is -2.53. The van der Waals surface area contributed by atoms with Crippen LogP contribution in [0, 0.1) is 0 Å². The first-order valence-electron chi connectivity index (χ1n) is 8.21. The van der Waals surface area contributed by atoms with E-state index in [0.29, 0.717) is 31.2 Å². The summed E-state index contributed by atoms with van der Waals surface area (Å²) in [5, 5.41) is 5.69. The van der Waals surface area contributed by atoms with Crippen molar-refractivity contribution in [1.29, 1.82) is 0 Å². The first-order chi connectivity index (χ1) is 11.8. The lowest BCUT2D eigenvalue weighted by Crippen LogP contribution is -2.38. The second kappa shape index (κ2) is 7.84. The number of benzene rings is 2. The van der Waals surface area contributed by atoms with Crippen LogP contribution in [0.2, 0.25) is 0 Å². The minimum Gasteiger partial charge on any atom is -0.492 e. The molecule has 0 saturated carbocycles. The van der Waals surface area contributed by atoms with Crippen molar-refractivity contribution in [3.05, 3.63) is 59.7 Å². The van der Waals surface area contributed by atoms with Gasteiger partial charge in [-0.25, -0.2) is 4.79 Å². The summed E-state index contributed by atoms with van der Waals surface area (Å²) in [7, 11) is 0. The normalized spacial score (nSPS) is 16.1. The van der Waals surface area contributed by atoms with Crippen LogP contribution in [-0.2, 0) is 17.8 Å². The fourth-order valence-corrected chi connectivity index (χ4v) is 2.76. The molecule has 5 heteroatoms. The van der Waals surface area contributed by atoms with Gasteiger partial charge in [-0.2, -0.15) is 0 Å². The van der Waals surface area contributed by atoms with Crippen molar-refractivity contribution >= 4 is 11.7 Å². The summed E-state index contributed by atoms with van der Waals surface area (Å²) in [6, 6.07) is 15.4. The van der Waals surface area contributed by atoms with Gasteiger partial charge in [0.2, 0.25) is 0 Å². The van der Waals surface area contributed by atoms with Crippen molar-refractivity contribution in [3.8, 4) is 5.75 Å². The average Bonchev–Trinajstić information content (AvgIpc) is 2.62. The van der Waals surface area contributed by atoms with E-state index in [1.165, 1.54) is 11.1 Å². The molecule has 2 amide bonds. The summed E-state index contributed by atoms with van der Waals surface area (Å²) >= 11 is 0. The van der Waals surface area contributed by atoms with Crippen molar-refractivity contribution < 1.29 is 14.3 Å². The Kier molecular flexibility index (Phi) is 5.33. The van der Waals surface area contributed by atoms with Gasteiger partial charge in [-0.3, -0.25) is 0 Å². The molecule has 126 valence electrons. The maximum atomic E-state index is 12.1. The number of para-hydroxylation sites is 2. The third-order valence-corrected chi connectivity index (χ3v) is 3.97. The Balaban J connectivity index is 1.52. The standard InChI is InChI=1S/C19H22N2O3/c1-2-23-18-10-6-5-9-17(18)21-19(22)20-12-16-11-14-7-3-4-8-15(14)13-24-16/h3-10,16H,2,11-13H2,1H3,(H2,20,21,22). The summed E-state index contributed by atoms with van der Waals surface area (Å²) < 4.78 is 11.3. The third-order valence-electron chi connectivity index (χ3n) is 3.97. The van der Waals surface area contributed by atoms with Gasteiger partial charge in [-0.05, 0) is 30.2 Å². The summed E-state index contributed by atoms with van der Waals surface area (Å²) in [6.07, 6.45) is 0.805. The van der Waals surface area contributed by atoms with E-state index in [-0.39, 0.29) is 12.1 Å². The van der Waals surface area contributed by atoms with Gasteiger partial charge in [0.15, 0.2) is 0 Å². The van der Waals surface area contributed by atoms with E-state index < -0.39 is 0 Å². The molecule has 0 aliphatic carbocycles. The fourth-order valence-electron chi connectivity index (χ4n) is 2.76. The van der Waals surface area contributed by atoms with E-state index in [1.54, 1.807) is 0 Å². The zero-order valence-electron chi connectivity index (χ0n) is 13.7. The van der Waals surface area contributed by atoms with Gasteiger partial charge >= 0.3 is 6.03 Å². The van der Waals surface area contributed by atoms with Crippen LogP contribution in [0.5, 0.6) is 5.75 Å². The van der Waals surface area contributed by atoms with E-state index >= 15 is 0 Å². The van der Waals surface area contributed by atoms with E-state index in [2.05, 4.69) is 22.8 Å². The summed E-state index contributed by atoms with van der Waals surface area (Å²) in [6.45, 7) is 3.53. The topological polar surface area (TPSA) is 59.6 Å². The van der Waals surface area contributed by atoms with Gasteiger partial charge in [0.1, 0.15) is 5.75 Å². The van der Waals surface area contributed by atoms with Crippen molar-refractivity contribution in [3.63, 3.8) is 0 Å². The molecule has 5 nitrogen and oxygen atoms in total.